The van der Waals surface area contributed by atoms with E-state index < -0.39 is 11.2 Å². The molecule has 2 N–H and O–H groups in total. The van der Waals surface area contributed by atoms with Gasteiger partial charge in [0, 0.05) is 25.2 Å². The van der Waals surface area contributed by atoms with Crippen LogP contribution < -0.4 is 15.8 Å². The Hall–Kier alpha value is -3.95. The first kappa shape index (κ1) is 22.8. The SMILES string of the molecule is Cc1cccc(OC2CCC(Cc3cccc(Nc4ccn[nH]4)n3)(c3nn(C)c(=O)o3)CC2)c1F. The molecule has 0 unspecified atom stereocenters. The minimum Gasteiger partial charge on any atom is -0.487 e. The van der Waals surface area contributed by atoms with Crippen LogP contribution in [0.15, 0.2) is 57.9 Å². The van der Waals surface area contributed by atoms with Crippen molar-refractivity contribution in [2.75, 3.05) is 5.32 Å². The zero-order chi connectivity index (χ0) is 24.4. The second-order valence-electron chi connectivity index (χ2n) is 9.07. The van der Waals surface area contributed by atoms with Gasteiger partial charge in [0.15, 0.2) is 11.6 Å². The largest absolute Gasteiger partial charge is 0.487 e. The van der Waals surface area contributed by atoms with E-state index in [-0.39, 0.29) is 17.7 Å². The van der Waals surface area contributed by atoms with Gasteiger partial charge in [0.2, 0.25) is 5.89 Å². The standard InChI is InChI=1S/C25H27FN6O3/c1-16-5-3-7-19(22(16)26)34-18-9-12-25(13-10-18,23-31-32(2)24(33)35-23)15-17-6-4-8-20(28-17)29-21-11-14-27-30-21/h3-8,11,14,18H,9-10,12-13,15H2,1-2H3,(H2,27,28,29,30). The molecule has 0 atom stereocenters. The van der Waals surface area contributed by atoms with Crippen molar-refractivity contribution in [2.45, 2.75) is 50.5 Å². The van der Waals surface area contributed by atoms with Crippen LogP contribution >= 0.6 is 0 Å². The molecule has 3 aromatic heterocycles. The summed E-state index contributed by atoms with van der Waals surface area (Å²) in [5.74, 6) is 1.26. The van der Waals surface area contributed by atoms with Crippen LogP contribution in [-0.2, 0) is 18.9 Å². The van der Waals surface area contributed by atoms with Crippen molar-refractivity contribution in [3.63, 3.8) is 0 Å². The van der Waals surface area contributed by atoms with Crippen LogP contribution in [0.5, 0.6) is 5.75 Å². The fourth-order valence-corrected chi connectivity index (χ4v) is 4.64. The fraction of sp³-hybridized carbons (Fsp3) is 0.360. The number of aromatic nitrogens is 5. The van der Waals surface area contributed by atoms with Crippen molar-refractivity contribution >= 4 is 11.6 Å². The van der Waals surface area contributed by atoms with E-state index in [2.05, 4.69) is 20.6 Å². The first-order valence-electron chi connectivity index (χ1n) is 11.6. The average Bonchev–Trinajstić information content (AvgIpc) is 3.48. The molecule has 3 heterocycles. The number of benzene rings is 1. The predicted octanol–water partition coefficient (Wildman–Crippen LogP) is 4.18. The van der Waals surface area contributed by atoms with Gasteiger partial charge in [-0.25, -0.2) is 14.2 Å². The highest BCUT2D eigenvalue weighted by atomic mass is 19.1. The molecular formula is C25H27FN6O3. The first-order valence-corrected chi connectivity index (χ1v) is 11.6. The zero-order valence-electron chi connectivity index (χ0n) is 19.6. The Kier molecular flexibility index (Phi) is 6.10. The van der Waals surface area contributed by atoms with Crippen molar-refractivity contribution in [3.8, 4) is 5.75 Å². The molecule has 0 radical (unpaired) electrons. The Morgan fingerprint density at radius 2 is 2.03 bits per heavy atom. The van der Waals surface area contributed by atoms with Gasteiger partial charge >= 0.3 is 5.76 Å². The molecule has 1 aliphatic carbocycles. The van der Waals surface area contributed by atoms with E-state index in [1.54, 1.807) is 38.4 Å². The lowest BCUT2D eigenvalue weighted by molar-refractivity contribution is 0.0988. The number of hydrogen-bond acceptors (Lipinski definition) is 7. The van der Waals surface area contributed by atoms with Crippen molar-refractivity contribution in [3.05, 3.63) is 82.2 Å². The van der Waals surface area contributed by atoms with Gasteiger partial charge in [0.05, 0.1) is 17.7 Å². The van der Waals surface area contributed by atoms with E-state index in [1.165, 1.54) is 4.68 Å². The van der Waals surface area contributed by atoms with Gasteiger partial charge in [-0.3, -0.25) is 5.10 Å². The van der Waals surface area contributed by atoms with Crippen LogP contribution in [0.4, 0.5) is 16.0 Å². The Morgan fingerprint density at radius 3 is 2.74 bits per heavy atom. The summed E-state index contributed by atoms with van der Waals surface area (Å²) in [5.41, 5.74) is 0.870. The maximum atomic E-state index is 14.5. The minimum atomic E-state index is -0.523. The summed E-state index contributed by atoms with van der Waals surface area (Å²) >= 11 is 0. The number of nitrogens with zero attached hydrogens (tertiary/aromatic N) is 4. The third kappa shape index (κ3) is 4.82. The quantitative estimate of drug-likeness (QED) is 0.410. The summed E-state index contributed by atoms with van der Waals surface area (Å²) in [5, 5.41) is 14.4. The highest BCUT2D eigenvalue weighted by Gasteiger charge is 2.43. The number of aryl methyl sites for hydroxylation is 2. The summed E-state index contributed by atoms with van der Waals surface area (Å²) in [6.07, 6.45) is 4.70. The molecule has 1 saturated carbocycles. The molecule has 1 aromatic carbocycles. The number of halogens is 1. The molecule has 9 nitrogen and oxygen atoms in total. The second-order valence-corrected chi connectivity index (χ2v) is 9.07. The van der Waals surface area contributed by atoms with E-state index >= 15 is 0 Å². The molecule has 0 aliphatic heterocycles. The van der Waals surface area contributed by atoms with Crippen molar-refractivity contribution < 1.29 is 13.5 Å². The maximum Gasteiger partial charge on any atom is 0.436 e. The second kappa shape index (κ2) is 9.36. The third-order valence-electron chi connectivity index (χ3n) is 6.57. The van der Waals surface area contributed by atoms with Gasteiger partial charge in [-0.15, -0.1) is 5.10 Å². The number of ether oxygens (including phenoxy) is 1. The third-order valence-corrected chi connectivity index (χ3v) is 6.57. The van der Waals surface area contributed by atoms with E-state index in [1.807, 2.05) is 24.3 Å². The maximum absolute atomic E-state index is 14.5. The van der Waals surface area contributed by atoms with Crippen LogP contribution in [0.3, 0.4) is 0 Å². The van der Waals surface area contributed by atoms with E-state index in [0.29, 0.717) is 49.4 Å². The summed E-state index contributed by atoms with van der Waals surface area (Å²) in [6, 6.07) is 12.7. The van der Waals surface area contributed by atoms with Crippen LogP contribution in [0.25, 0.3) is 0 Å². The zero-order valence-corrected chi connectivity index (χ0v) is 19.6. The van der Waals surface area contributed by atoms with Crippen molar-refractivity contribution in [2.24, 2.45) is 7.05 Å². The van der Waals surface area contributed by atoms with Gasteiger partial charge in [-0.1, -0.05) is 18.2 Å². The van der Waals surface area contributed by atoms with Gasteiger partial charge in [0.25, 0.3) is 0 Å². The van der Waals surface area contributed by atoms with Crippen LogP contribution in [0, 0.1) is 12.7 Å². The molecule has 0 saturated heterocycles. The highest BCUT2D eigenvalue weighted by molar-refractivity contribution is 5.50. The lowest BCUT2D eigenvalue weighted by Gasteiger charge is -2.37. The molecule has 35 heavy (non-hydrogen) atoms. The lowest BCUT2D eigenvalue weighted by Crippen LogP contribution is -2.38. The molecule has 10 heteroatoms. The predicted molar refractivity (Wildman–Crippen MR) is 127 cm³/mol. The van der Waals surface area contributed by atoms with Gasteiger partial charge in [0.1, 0.15) is 11.6 Å². The van der Waals surface area contributed by atoms with Crippen molar-refractivity contribution in [1.29, 1.82) is 0 Å². The highest BCUT2D eigenvalue weighted by Crippen LogP contribution is 2.42. The fourth-order valence-electron chi connectivity index (χ4n) is 4.64. The van der Waals surface area contributed by atoms with Crippen LogP contribution in [0.2, 0.25) is 0 Å². The summed E-state index contributed by atoms with van der Waals surface area (Å²) in [6.45, 7) is 1.72. The topological polar surface area (TPSA) is 111 Å². The lowest BCUT2D eigenvalue weighted by atomic mass is 9.70. The van der Waals surface area contributed by atoms with E-state index in [0.717, 1.165) is 11.5 Å². The number of aromatic amines is 1. The molecule has 5 rings (SSSR count). The monoisotopic (exact) mass is 478 g/mol. The smallest absolute Gasteiger partial charge is 0.436 e. The molecule has 0 spiro atoms. The summed E-state index contributed by atoms with van der Waals surface area (Å²) in [4.78, 5) is 16.9. The Labute approximate surface area is 201 Å². The molecule has 182 valence electrons. The molecule has 4 aromatic rings. The minimum absolute atomic E-state index is 0.142. The van der Waals surface area contributed by atoms with Crippen LogP contribution in [0.1, 0.15) is 42.8 Å². The Bertz CT molecular complexity index is 1360. The Balaban J connectivity index is 1.37. The molecule has 0 amide bonds. The van der Waals surface area contributed by atoms with E-state index in [9.17, 15) is 9.18 Å². The first-order chi connectivity index (χ1) is 16.9. The number of pyridine rings is 1. The van der Waals surface area contributed by atoms with Gasteiger partial charge in [-0.05, 0) is 56.4 Å². The average molecular weight is 479 g/mol. The number of nitrogens with one attached hydrogen (secondary N) is 2. The molecular weight excluding hydrogens is 451 g/mol. The summed E-state index contributed by atoms with van der Waals surface area (Å²) < 4.78 is 27.3. The summed E-state index contributed by atoms with van der Waals surface area (Å²) in [7, 11) is 1.57. The molecule has 1 aliphatic rings. The van der Waals surface area contributed by atoms with Crippen LogP contribution in [-0.4, -0.2) is 31.1 Å². The number of hydrogen-bond donors (Lipinski definition) is 2. The number of H-pyrrole nitrogens is 1. The van der Waals surface area contributed by atoms with Crippen molar-refractivity contribution in [1.82, 2.24) is 25.0 Å². The molecule has 1 fully saturated rings. The number of anilines is 2. The van der Waals surface area contributed by atoms with Gasteiger partial charge < -0.3 is 14.5 Å². The number of rotatable bonds is 7. The molecule has 0 bridgehead atoms. The van der Waals surface area contributed by atoms with E-state index in [4.69, 9.17) is 14.1 Å². The Morgan fingerprint density at radius 1 is 1.23 bits per heavy atom. The normalized spacial score (nSPS) is 20.0. The van der Waals surface area contributed by atoms with Gasteiger partial charge in [-0.2, -0.15) is 9.78 Å².